The van der Waals surface area contributed by atoms with Gasteiger partial charge < -0.3 is 4.90 Å². The van der Waals surface area contributed by atoms with Gasteiger partial charge in [-0.3, -0.25) is 4.90 Å². The lowest BCUT2D eigenvalue weighted by atomic mass is 9.94. The normalized spacial score (nSPS) is 20.8. The van der Waals surface area contributed by atoms with Gasteiger partial charge in [0.15, 0.2) is 0 Å². The molecule has 0 radical (unpaired) electrons. The van der Waals surface area contributed by atoms with Crippen LogP contribution in [0.4, 0.5) is 5.82 Å². The molecule has 0 amide bonds. The molecule has 0 unspecified atom stereocenters. The van der Waals surface area contributed by atoms with Crippen LogP contribution in [0.3, 0.4) is 0 Å². The average molecular weight is 261 g/mol. The first-order valence-electron chi connectivity index (χ1n) is 7.46. The molecule has 106 valence electrons. The highest BCUT2D eigenvalue weighted by molar-refractivity contribution is 5.47. The summed E-state index contributed by atoms with van der Waals surface area (Å²) >= 11 is 0. The largest absolute Gasteiger partial charge is 0.362 e. The summed E-state index contributed by atoms with van der Waals surface area (Å²) in [5, 5.41) is 0. The number of hydrogen-bond donors (Lipinski definition) is 0. The molecule has 0 spiro atoms. The van der Waals surface area contributed by atoms with E-state index < -0.39 is 0 Å². The van der Waals surface area contributed by atoms with Crippen LogP contribution >= 0.6 is 0 Å². The van der Waals surface area contributed by atoms with Crippen molar-refractivity contribution >= 4 is 5.82 Å². The van der Waals surface area contributed by atoms with Gasteiger partial charge in [0.1, 0.15) is 5.82 Å². The summed E-state index contributed by atoms with van der Waals surface area (Å²) in [6.07, 6.45) is 5.83. The Kier molecular flexibility index (Phi) is 4.81. The van der Waals surface area contributed by atoms with Gasteiger partial charge in [-0.05, 0) is 31.4 Å². The van der Waals surface area contributed by atoms with Crippen molar-refractivity contribution in [3.63, 3.8) is 0 Å². The van der Waals surface area contributed by atoms with Crippen LogP contribution in [0.1, 0.15) is 44.7 Å². The highest BCUT2D eigenvalue weighted by atomic mass is 15.2. The quantitative estimate of drug-likeness (QED) is 0.828. The summed E-state index contributed by atoms with van der Waals surface area (Å²) in [5.41, 5.74) is 1.40. The molecule has 2 rings (SSSR count). The van der Waals surface area contributed by atoms with Crippen molar-refractivity contribution in [1.29, 1.82) is 0 Å². The van der Waals surface area contributed by atoms with Gasteiger partial charge in [-0.25, -0.2) is 4.98 Å². The Balaban J connectivity index is 2.26. The minimum atomic E-state index is 0.544. The van der Waals surface area contributed by atoms with Crippen molar-refractivity contribution in [2.24, 2.45) is 5.92 Å². The van der Waals surface area contributed by atoms with Gasteiger partial charge in [-0.2, -0.15) is 0 Å². The van der Waals surface area contributed by atoms with Crippen LogP contribution in [0.25, 0.3) is 0 Å². The Bertz CT molecular complexity index is 401. The number of likely N-dealkylation sites (tertiary alicyclic amines) is 1. The second kappa shape index (κ2) is 6.38. The van der Waals surface area contributed by atoms with Gasteiger partial charge in [0.05, 0.1) is 0 Å². The molecule has 0 saturated carbocycles. The van der Waals surface area contributed by atoms with E-state index in [9.17, 15) is 0 Å². The maximum Gasteiger partial charge on any atom is 0.132 e. The lowest BCUT2D eigenvalue weighted by Crippen LogP contribution is -2.36. The number of piperidine rings is 1. The minimum absolute atomic E-state index is 0.544. The van der Waals surface area contributed by atoms with E-state index in [-0.39, 0.29) is 0 Å². The second-order valence-corrected chi connectivity index (χ2v) is 6.21. The van der Waals surface area contributed by atoms with Crippen LogP contribution in [-0.2, 0) is 0 Å². The number of rotatable bonds is 4. The lowest BCUT2D eigenvalue weighted by molar-refractivity contribution is 0.132. The fourth-order valence-corrected chi connectivity index (χ4v) is 3.07. The Morgan fingerprint density at radius 1 is 1.37 bits per heavy atom. The molecule has 1 aromatic rings. The van der Waals surface area contributed by atoms with E-state index >= 15 is 0 Å². The van der Waals surface area contributed by atoms with Crippen LogP contribution in [0.2, 0.25) is 0 Å². The topological polar surface area (TPSA) is 19.4 Å². The SMILES string of the molecule is CC(C)CN1CCCC[C@@H]1c1cccnc1N(C)C. The molecule has 3 nitrogen and oxygen atoms in total. The van der Waals surface area contributed by atoms with Gasteiger partial charge in [0.25, 0.3) is 0 Å². The van der Waals surface area contributed by atoms with Crippen molar-refractivity contribution in [1.82, 2.24) is 9.88 Å². The molecule has 3 heteroatoms. The van der Waals surface area contributed by atoms with Gasteiger partial charge >= 0.3 is 0 Å². The number of anilines is 1. The second-order valence-electron chi connectivity index (χ2n) is 6.21. The number of hydrogen-bond acceptors (Lipinski definition) is 3. The van der Waals surface area contributed by atoms with Crippen LogP contribution in [-0.4, -0.2) is 37.1 Å². The smallest absolute Gasteiger partial charge is 0.132 e. The van der Waals surface area contributed by atoms with Crippen molar-refractivity contribution in [3.8, 4) is 0 Å². The molecular formula is C16H27N3. The van der Waals surface area contributed by atoms with Gasteiger partial charge in [0, 0.05) is 38.4 Å². The zero-order valence-corrected chi connectivity index (χ0v) is 12.8. The van der Waals surface area contributed by atoms with Crippen LogP contribution in [0, 0.1) is 5.92 Å². The highest BCUT2D eigenvalue weighted by Gasteiger charge is 2.26. The zero-order valence-electron chi connectivity index (χ0n) is 12.8. The third kappa shape index (κ3) is 3.47. The van der Waals surface area contributed by atoms with Crippen LogP contribution in [0.5, 0.6) is 0 Å². The summed E-state index contributed by atoms with van der Waals surface area (Å²) in [5.74, 6) is 1.85. The molecule has 1 saturated heterocycles. The maximum absolute atomic E-state index is 4.57. The van der Waals surface area contributed by atoms with E-state index in [2.05, 4.69) is 54.9 Å². The number of pyridine rings is 1. The predicted octanol–water partition coefficient (Wildman–Crippen LogP) is 3.33. The van der Waals surface area contributed by atoms with Crippen molar-refractivity contribution < 1.29 is 0 Å². The summed E-state index contributed by atoms with van der Waals surface area (Å²) in [7, 11) is 4.17. The van der Waals surface area contributed by atoms with Crippen molar-refractivity contribution in [2.45, 2.75) is 39.2 Å². The van der Waals surface area contributed by atoms with Gasteiger partial charge in [0.2, 0.25) is 0 Å². The molecule has 1 aliphatic heterocycles. The van der Waals surface area contributed by atoms with E-state index in [0.29, 0.717) is 6.04 Å². The molecule has 1 atom stereocenters. The Morgan fingerprint density at radius 2 is 2.16 bits per heavy atom. The van der Waals surface area contributed by atoms with E-state index in [1.54, 1.807) is 0 Å². The molecule has 19 heavy (non-hydrogen) atoms. The number of aromatic nitrogens is 1. The Hall–Kier alpha value is -1.09. The van der Waals surface area contributed by atoms with Gasteiger partial charge in [-0.1, -0.05) is 26.3 Å². The summed E-state index contributed by atoms with van der Waals surface area (Å²) < 4.78 is 0. The fraction of sp³-hybridized carbons (Fsp3) is 0.688. The monoisotopic (exact) mass is 261 g/mol. The van der Waals surface area contributed by atoms with E-state index in [1.165, 1.54) is 37.9 Å². The fourth-order valence-electron chi connectivity index (χ4n) is 3.07. The summed E-state index contributed by atoms with van der Waals surface area (Å²) in [4.78, 5) is 9.35. The van der Waals surface area contributed by atoms with E-state index in [4.69, 9.17) is 0 Å². The van der Waals surface area contributed by atoms with Crippen LogP contribution in [0.15, 0.2) is 18.3 Å². The standard InChI is InChI=1S/C16H27N3/c1-13(2)12-19-11-6-5-9-15(19)14-8-7-10-17-16(14)18(3)4/h7-8,10,13,15H,5-6,9,11-12H2,1-4H3/t15-/m1/s1. The predicted molar refractivity (Wildman–Crippen MR) is 81.6 cm³/mol. The average Bonchev–Trinajstić information content (AvgIpc) is 2.38. The first kappa shape index (κ1) is 14.3. The first-order chi connectivity index (χ1) is 9.09. The third-order valence-corrected chi connectivity index (χ3v) is 3.81. The Labute approximate surface area is 117 Å². The lowest BCUT2D eigenvalue weighted by Gasteiger charge is -2.38. The molecular weight excluding hydrogens is 234 g/mol. The summed E-state index contributed by atoms with van der Waals surface area (Å²) in [6, 6.07) is 4.87. The molecule has 0 N–H and O–H groups in total. The van der Waals surface area contributed by atoms with E-state index in [0.717, 1.165) is 11.7 Å². The molecule has 1 aliphatic rings. The molecule has 2 heterocycles. The van der Waals surface area contributed by atoms with Crippen LogP contribution < -0.4 is 4.90 Å². The molecule has 0 aromatic carbocycles. The summed E-state index contributed by atoms with van der Waals surface area (Å²) in [6.45, 7) is 7.03. The third-order valence-electron chi connectivity index (χ3n) is 3.81. The minimum Gasteiger partial charge on any atom is -0.362 e. The van der Waals surface area contributed by atoms with Crippen molar-refractivity contribution in [2.75, 3.05) is 32.1 Å². The molecule has 0 bridgehead atoms. The zero-order chi connectivity index (χ0) is 13.8. The number of nitrogens with zero attached hydrogens (tertiary/aromatic N) is 3. The highest BCUT2D eigenvalue weighted by Crippen LogP contribution is 2.35. The molecule has 1 aromatic heterocycles. The molecule has 1 fully saturated rings. The van der Waals surface area contributed by atoms with E-state index in [1.807, 2.05) is 6.20 Å². The maximum atomic E-state index is 4.57. The molecule has 0 aliphatic carbocycles. The van der Waals surface area contributed by atoms with Crippen molar-refractivity contribution in [3.05, 3.63) is 23.9 Å². The Morgan fingerprint density at radius 3 is 2.84 bits per heavy atom. The van der Waals surface area contributed by atoms with Gasteiger partial charge in [-0.15, -0.1) is 0 Å². The first-order valence-corrected chi connectivity index (χ1v) is 7.46.